The van der Waals surface area contributed by atoms with E-state index >= 15 is 0 Å². The molecule has 0 aromatic carbocycles. The third-order valence-electron chi connectivity index (χ3n) is 2.11. The van der Waals surface area contributed by atoms with Gasteiger partial charge in [-0.2, -0.15) is 0 Å². The maximum Gasteiger partial charge on any atom is 0.107 e. The van der Waals surface area contributed by atoms with Gasteiger partial charge >= 0.3 is 0 Å². The second kappa shape index (κ2) is 3.51. The van der Waals surface area contributed by atoms with Crippen molar-refractivity contribution in [3.05, 3.63) is 19.8 Å². The number of rotatable bonds is 2. The molecule has 1 aliphatic rings. The zero-order chi connectivity index (χ0) is 9.47. The van der Waals surface area contributed by atoms with Gasteiger partial charge in [0.15, 0.2) is 0 Å². The largest absolute Gasteiger partial charge is 0.387 e. The Kier molecular flexibility index (Phi) is 2.68. The fraction of sp³-hybridized carbons (Fsp3) is 0.500. The third-order valence-corrected chi connectivity index (χ3v) is 4.58. The zero-order valence-electron chi connectivity index (χ0n) is 6.81. The van der Waals surface area contributed by atoms with Crippen molar-refractivity contribution in [1.29, 1.82) is 0 Å². The second-order valence-corrected chi connectivity index (χ2v) is 5.93. The Morgan fingerprint density at radius 1 is 1.69 bits per heavy atom. The Bertz CT molecular complexity index is 304. The number of halogens is 2. The standard InChI is InChI=1S/C8H9BrClNOS/c9-6-1-5(13-7(6)10)2-8(12)3-11-4-8/h1,11-12H,2-4H2. The van der Waals surface area contributed by atoms with E-state index in [0.29, 0.717) is 19.5 Å². The van der Waals surface area contributed by atoms with Crippen molar-refractivity contribution in [3.8, 4) is 0 Å². The molecule has 1 aromatic heterocycles. The fourth-order valence-electron chi connectivity index (χ4n) is 1.34. The molecule has 1 aliphatic heterocycles. The van der Waals surface area contributed by atoms with E-state index in [1.807, 2.05) is 6.07 Å². The summed E-state index contributed by atoms with van der Waals surface area (Å²) in [7, 11) is 0. The van der Waals surface area contributed by atoms with Crippen molar-refractivity contribution in [2.75, 3.05) is 13.1 Å². The van der Waals surface area contributed by atoms with Crippen LogP contribution in [0.5, 0.6) is 0 Å². The van der Waals surface area contributed by atoms with Gasteiger partial charge in [-0.3, -0.25) is 0 Å². The Morgan fingerprint density at radius 3 is 2.77 bits per heavy atom. The van der Waals surface area contributed by atoms with Crippen molar-refractivity contribution >= 4 is 38.9 Å². The maximum atomic E-state index is 9.85. The predicted octanol–water partition coefficient (Wildman–Crippen LogP) is 2.04. The molecule has 0 amide bonds. The van der Waals surface area contributed by atoms with Crippen LogP contribution in [0, 0.1) is 0 Å². The molecule has 0 bridgehead atoms. The summed E-state index contributed by atoms with van der Waals surface area (Å²) < 4.78 is 1.68. The van der Waals surface area contributed by atoms with Gasteiger partial charge < -0.3 is 10.4 Å². The van der Waals surface area contributed by atoms with Gasteiger partial charge in [0.25, 0.3) is 0 Å². The lowest BCUT2D eigenvalue weighted by molar-refractivity contribution is -0.00834. The molecule has 1 fully saturated rings. The lowest BCUT2D eigenvalue weighted by Gasteiger charge is -2.37. The molecule has 0 unspecified atom stereocenters. The highest BCUT2D eigenvalue weighted by Gasteiger charge is 2.34. The molecule has 0 saturated carbocycles. The van der Waals surface area contributed by atoms with E-state index in [2.05, 4.69) is 21.2 Å². The Hall–Kier alpha value is 0.390. The molecule has 0 aliphatic carbocycles. The Balaban J connectivity index is 2.09. The smallest absolute Gasteiger partial charge is 0.107 e. The van der Waals surface area contributed by atoms with Gasteiger partial charge in [0.2, 0.25) is 0 Å². The molecular formula is C8H9BrClNOS. The third kappa shape index (κ3) is 2.07. The molecule has 2 N–H and O–H groups in total. The molecule has 0 atom stereocenters. The van der Waals surface area contributed by atoms with Crippen LogP contribution in [-0.2, 0) is 6.42 Å². The van der Waals surface area contributed by atoms with Crippen LogP contribution in [0.25, 0.3) is 0 Å². The highest BCUT2D eigenvalue weighted by atomic mass is 79.9. The predicted molar refractivity (Wildman–Crippen MR) is 58.6 cm³/mol. The van der Waals surface area contributed by atoms with E-state index in [9.17, 15) is 5.11 Å². The van der Waals surface area contributed by atoms with E-state index in [1.54, 1.807) is 0 Å². The molecule has 2 nitrogen and oxygen atoms in total. The SMILES string of the molecule is OC1(Cc2cc(Br)c(Cl)s2)CNC1. The molecule has 2 rings (SSSR count). The van der Waals surface area contributed by atoms with Gasteiger partial charge in [-0.05, 0) is 22.0 Å². The van der Waals surface area contributed by atoms with Gasteiger partial charge in [0.05, 0.1) is 5.60 Å². The van der Waals surface area contributed by atoms with E-state index in [-0.39, 0.29) is 0 Å². The summed E-state index contributed by atoms with van der Waals surface area (Å²) in [4.78, 5) is 1.13. The highest BCUT2D eigenvalue weighted by molar-refractivity contribution is 9.10. The maximum absolute atomic E-state index is 9.85. The number of hydrogen-bond acceptors (Lipinski definition) is 3. The molecule has 0 spiro atoms. The summed E-state index contributed by atoms with van der Waals surface area (Å²) in [5.74, 6) is 0. The summed E-state index contributed by atoms with van der Waals surface area (Å²) in [5.41, 5.74) is -0.548. The van der Waals surface area contributed by atoms with Crippen LogP contribution >= 0.6 is 38.9 Å². The van der Waals surface area contributed by atoms with Crippen molar-refractivity contribution in [2.45, 2.75) is 12.0 Å². The molecule has 2 heterocycles. The lowest BCUT2D eigenvalue weighted by Crippen LogP contribution is -2.60. The van der Waals surface area contributed by atoms with Crippen molar-refractivity contribution in [2.24, 2.45) is 0 Å². The Morgan fingerprint density at radius 2 is 2.38 bits per heavy atom. The number of β-amino-alcohol motifs (C(OH)–C–C–N with tert-alkyl or cyclic N) is 1. The Labute approximate surface area is 94.0 Å². The highest BCUT2D eigenvalue weighted by Crippen LogP contribution is 2.34. The minimum Gasteiger partial charge on any atom is -0.387 e. The van der Waals surface area contributed by atoms with Crippen LogP contribution in [0.3, 0.4) is 0 Å². The summed E-state index contributed by atoms with van der Waals surface area (Å²) >= 11 is 10.8. The van der Waals surface area contributed by atoms with Gasteiger partial charge in [-0.15, -0.1) is 11.3 Å². The number of aliphatic hydroxyl groups is 1. The zero-order valence-corrected chi connectivity index (χ0v) is 9.97. The summed E-state index contributed by atoms with van der Waals surface area (Å²) in [5, 5.41) is 12.9. The molecule has 1 saturated heterocycles. The molecule has 13 heavy (non-hydrogen) atoms. The number of hydrogen-bond donors (Lipinski definition) is 2. The van der Waals surface area contributed by atoms with E-state index in [1.165, 1.54) is 11.3 Å². The fourth-order valence-corrected chi connectivity index (χ4v) is 3.27. The van der Waals surface area contributed by atoms with Crippen LogP contribution < -0.4 is 5.32 Å². The normalized spacial score (nSPS) is 19.9. The number of nitrogens with one attached hydrogen (secondary N) is 1. The first-order valence-electron chi connectivity index (χ1n) is 3.96. The molecule has 72 valence electrons. The van der Waals surface area contributed by atoms with Gasteiger partial charge in [-0.1, -0.05) is 11.6 Å². The molecule has 5 heteroatoms. The van der Waals surface area contributed by atoms with Crippen LogP contribution in [0.15, 0.2) is 10.5 Å². The number of thiophene rings is 1. The molecule has 0 radical (unpaired) electrons. The van der Waals surface area contributed by atoms with Crippen LogP contribution in [0.4, 0.5) is 0 Å². The first kappa shape index (κ1) is 9.93. The molecule has 1 aromatic rings. The molecular weight excluding hydrogens is 274 g/mol. The summed E-state index contributed by atoms with van der Waals surface area (Å²) in [6.07, 6.45) is 0.690. The van der Waals surface area contributed by atoms with E-state index < -0.39 is 5.60 Å². The van der Waals surface area contributed by atoms with Crippen molar-refractivity contribution in [1.82, 2.24) is 5.32 Å². The topological polar surface area (TPSA) is 32.3 Å². The minimum atomic E-state index is -0.548. The van der Waals surface area contributed by atoms with Gasteiger partial charge in [0, 0.05) is 28.9 Å². The average molecular weight is 283 g/mol. The van der Waals surface area contributed by atoms with Crippen LogP contribution in [-0.4, -0.2) is 23.8 Å². The average Bonchev–Trinajstić information content (AvgIpc) is 2.28. The summed E-state index contributed by atoms with van der Waals surface area (Å²) in [6.45, 7) is 1.36. The van der Waals surface area contributed by atoms with Gasteiger partial charge in [0.1, 0.15) is 4.34 Å². The summed E-state index contributed by atoms with van der Waals surface area (Å²) in [6, 6.07) is 1.98. The van der Waals surface area contributed by atoms with Crippen molar-refractivity contribution in [3.63, 3.8) is 0 Å². The second-order valence-electron chi connectivity index (χ2n) is 3.34. The first-order valence-corrected chi connectivity index (χ1v) is 5.95. The quantitative estimate of drug-likeness (QED) is 0.870. The first-order chi connectivity index (χ1) is 6.09. The van der Waals surface area contributed by atoms with Crippen molar-refractivity contribution < 1.29 is 5.11 Å². The van der Waals surface area contributed by atoms with Crippen LogP contribution in [0.1, 0.15) is 4.88 Å². The van der Waals surface area contributed by atoms with Gasteiger partial charge in [-0.25, -0.2) is 0 Å². The monoisotopic (exact) mass is 281 g/mol. The lowest BCUT2D eigenvalue weighted by atomic mass is 9.92. The van der Waals surface area contributed by atoms with E-state index in [0.717, 1.165) is 13.7 Å². The van der Waals surface area contributed by atoms with E-state index in [4.69, 9.17) is 11.6 Å². The van der Waals surface area contributed by atoms with Crippen LogP contribution in [0.2, 0.25) is 4.34 Å². The minimum absolute atomic E-state index is 0.548.